The summed E-state index contributed by atoms with van der Waals surface area (Å²) in [6, 6.07) is 12.3. The number of nitrogens with zero attached hydrogens (tertiary/aromatic N) is 2. The zero-order chi connectivity index (χ0) is 21.3. The van der Waals surface area contributed by atoms with E-state index in [1.807, 2.05) is 12.1 Å². The topological polar surface area (TPSA) is 75.0 Å². The smallest absolute Gasteiger partial charge is 0.293 e. The third-order valence-corrected chi connectivity index (χ3v) is 6.53. The van der Waals surface area contributed by atoms with E-state index >= 15 is 0 Å². The zero-order valence-corrected chi connectivity index (χ0v) is 17.6. The molecule has 0 saturated carbocycles. The average molecular weight is 441 g/mol. The van der Waals surface area contributed by atoms with Crippen LogP contribution >= 0.6 is 23.2 Å². The second kappa shape index (κ2) is 6.52. The molecule has 0 saturated heterocycles. The predicted molar refractivity (Wildman–Crippen MR) is 114 cm³/mol. The molecular weight excluding hydrogens is 425 g/mol. The van der Waals surface area contributed by atoms with Crippen LogP contribution in [0.15, 0.2) is 52.1 Å². The lowest BCUT2D eigenvalue weighted by Gasteiger charge is -2.27. The number of carbonyl (C=O) groups excluding carboxylic acids is 1. The third kappa shape index (κ3) is 2.44. The van der Waals surface area contributed by atoms with Crippen LogP contribution in [0, 0.1) is 5.92 Å². The van der Waals surface area contributed by atoms with Gasteiger partial charge in [-0.25, -0.2) is 14.4 Å². The van der Waals surface area contributed by atoms with Crippen molar-refractivity contribution in [1.82, 2.24) is 9.13 Å². The quantitative estimate of drug-likeness (QED) is 0.623. The van der Waals surface area contributed by atoms with Gasteiger partial charge in [0.15, 0.2) is 5.78 Å². The summed E-state index contributed by atoms with van der Waals surface area (Å²) in [5.74, 6) is -1.04. The number of fused-ring (bicyclic) bond motifs is 4. The number of rotatable bonds is 1. The normalized spacial score (nSPS) is 19.2. The van der Waals surface area contributed by atoms with Gasteiger partial charge < -0.3 is 0 Å². The van der Waals surface area contributed by atoms with Crippen molar-refractivity contribution in [3.05, 3.63) is 95.6 Å². The van der Waals surface area contributed by atoms with E-state index < -0.39 is 23.1 Å². The highest BCUT2D eigenvalue weighted by Gasteiger charge is 2.50. The summed E-state index contributed by atoms with van der Waals surface area (Å²) in [5, 5.41) is 0.816. The Kier molecular flexibility index (Phi) is 4.14. The number of hydrogen-bond acceptors (Lipinski definition) is 3. The molecule has 3 aromatic rings. The van der Waals surface area contributed by atoms with Gasteiger partial charge in [-0.1, -0.05) is 53.5 Å². The molecule has 8 heteroatoms. The van der Waals surface area contributed by atoms with Crippen LogP contribution in [0.1, 0.15) is 33.0 Å². The maximum atomic E-state index is 13.4. The van der Waals surface area contributed by atoms with Crippen molar-refractivity contribution >= 4 is 40.5 Å². The van der Waals surface area contributed by atoms with Gasteiger partial charge in [0.2, 0.25) is 0 Å². The Morgan fingerprint density at radius 1 is 0.900 bits per heavy atom. The largest absolute Gasteiger partial charge is 0.417 e. The standard InChI is InChI=1S/C22H15Cl2N3O3/c1-26-20-17(21(29)27(2)22(26)30)15(13-8-7-10(23)9-14(13)24)16-18(25-20)11-5-3-4-6-12(11)19(16)28/h3-9,15-16H,1-2H3/p+1. The molecule has 0 bridgehead atoms. The van der Waals surface area contributed by atoms with Crippen LogP contribution in [0.25, 0.3) is 0 Å². The number of halogens is 2. The van der Waals surface area contributed by atoms with Gasteiger partial charge in [-0.15, -0.1) is 0 Å². The van der Waals surface area contributed by atoms with Crippen LogP contribution in [0.5, 0.6) is 0 Å². The first-order chi connectivity index (χ1) is 14.3. The predicted octanol–water partition coefficient (Wildman–Crippen LogP) is 1.55. The summed E-state index contributed by atoms with van der Waals surface area (Å²) in [5.41, 5.74) is 2.05. The Labute approximate surface area is 181 Å². The Morgan fingerprint density at radius 2 is 1.60 bits per heavy atom. The first-order valence-electron chi connectivity index (χ1n) is 9.33. The molecule has 1 aromatic heterocycles. The fourth-order valence-electron chi connectivity index (χ4n) is 4.55. The number of carbonyl (C=O) groups is 1. The zero-order valence-electron chi connectivity index (χ0n) is 16.1. The molecule has 150 valence electrons. The summed E-state index contributed by atoms with van der Waals surface area (Å²) in [6.07, 6.45) is 0. The Bertz CT molecular complexity index is 1420. The number of hydrogen-bond donors (Lipinski definition) is 1. The molecule has 2 aliphatic rings. The Balaban J connectivity index is 1.92. The van der Waals surface area contributed by atoms with Crippen molar-refractivity contribution in [2.24, 2.45) is 20.0 Å². The van der Waals surface area contributed by atoms with Gasteiger partial charge in [0, 0.05) is 34.1 Å². The van der Waals surface area contributed by atoms with Crippen LogP contribution in [-0.2, 0) is 14.1 Å². The van der Waals surface area contributed by atoms with Gasteiger partial charge in [0.25, 0.3) is 11.4 Å². The lowest BCUT2D eigenvalue weighted by atomic mass is 9.76. The first kappa shape index (κ1) is 19.0. The van der Waals surface area contributed by atoms with Crippen LogP contribution in [0.3, 0.4) is 0 Å². The molecule has 2 heterocycles. The molecule has 30 heavy (non-hydrogen) atoms. The molecule has 0 radical (unpaired) electrons. The highest BCUT2D eigenvalue weighted by atomic mass is 35.5. The van der Waals surface area contributed by atoms with E-state index in [-0.39, 0.29) is 5.78 Å². The molecule has 1 aliphatic carbocycles. The van der Waals surface area contributed by atoms with E-state index in [4.69, 9.17) is 23.2 Å². The minimum Gasteiger partial charge on any atom is -0.293 e. The van der Waals surface area contributed by atoms with E-state index in [1.165, 1.54) is 11.6 Å². The number of benzene rings is 2. The van der Waals surface area contributed by atoms with E-state index in [0.29, 0.717) is 38.3 Å². The van der Waals surface area contributed by atoms with Crippen molar-refractivity contribution in [3.8, 4) is 0 Å². The second-order valence-corrected chi connectivity index (χ2v) is 8.38. The van der Waals surface area contributed by atoms with E-state index in [1.54, 1.807) is 37.4 Å². The van der Waals surface area contributed by atoms with Gasteiger partial charge in [-0.2, -0.15) is 4.57 Å². The lowest BCUT2D eigenvalue weighted by molar-refractivity contribution is -0.368. The molecular formula is C22H16Cl2N3O3+. The fourth-order valence-corrected chi connectivity index (χ4v) is 5.07. The summed E-state index contributed by atoms with van der Waals surface area (Å²) in [7, 11) is 3.02. The summed E-state index contributed by atoms with van der Waals surface area (Å²) in [4.78, 5) is 42.5. The number of ketones is 1. The lowest BCUT2D eigenvalue weighted by Crippen LogP contribution is -2.74. The van der Waals surface area contributed by atoms with Crippen molar-refractivity contribution in [1.29, 1.82) is 0 Å². The van der Waals surface area contributed by atoms with Gasteiger partial charge in [0.1, 0.15) is 11.3 Å². The van der Waals surface area contributed by atoms with E-state index in [9.17, 15) is 14.4 Å². The first-order valence-corrected chi connectivity index (χ1v) is 10.1. The monoisotopic (exact) mass is 440 g/mol. The molecule has 5 rings (SSSR count). The van der Waals surface area contributed by atoms with E-state index in [2.05, 4.69) is 4.99 Å². The van der Waals surface area contributed by atoms with Crippen molar-refractivity contribution < 1.29 is 9.79 Å². The van der Waals surface area contributed by atoms with Crippen LogP contribution in [-0.4, -0.2) is 20.6 Å². The van der Waals surface area contributed by atoms with Gasteiger partial charge >= 0.3 is 5.69 Å². The Hall–Kier alpha value is -2.96. The van der Waals surface area contributed by atoms with E-state index in [0.717, 1.165) is 10.1 Å². The Morgan fingerprint density at radius 3 is 2.30 bits per heavy atom. The molecule has 2 atom stereocenters. The summed E-state index contributed by atoms with van der Waals surface area (Å²) in [6.45, 7) is 0. The highest BCUT2D eigenvalue weighted by molar-refractivity contribution is 6.35. The summed E-state index contributed by atoms with van der Waals surface area (Å²) < 4.78 is 2.44. The average Bonchev–Trinajstić information content (AvgIpc) is 3.02. The van der Waals surface area contributed by atoms with Gasteiger partial charge in [0.05, 0.1) is 13.0 Å². The van der Waals surface area contributed by atoms with Gasteiger partial charge in [-0.3, -0.25) is 9.59 Å². The molecule has 1 N–H and O–H groups in total. The molecule has 0 fully saturated rings. The van der Waals surface area contributed by atoms with Crippen LogP contribution < -0.4 is 16.2 Å². The maximum Gasteiger partial charge on any atom is 0.417 e. The number of Topliss-reactive ketones (excluding diaryl/α,β-unsaturated/α-hetero) is 1. The minimum absolute atomic E-state index is 0.0920. The highest BCUT2D eigenvalue weighted by Crippen LogP contribution is 2.44. The minimum atomic E-state index is -0.661. The van der Waals surface area contributed by atoms with Crippen molar-refractivity contribution in [2.45, 2.75) is 5.92 Å². The summed E-state index contributed by atoms with van der Waals surface area (Å²) >= 11 is 12.6. The number of nitrogens with one attached hydrogen (secondary N) is 1. The van der Waals surface area contributed by atoms with Gasteiger partial charge in [-0.05, 0) is 17.7 Å². The fraction of sp³-hybridized carbons (Fsp3) is 0.182. The molecule has 0 amide bonds. The van der Waals surface area contributed by atoms with Crippen molar-refractivity contribution in [3.63, 3.8) is 0 Å². The molecule has 1 aliphatic heterocycles. The molecule has 2 unspecified atom stereocenters. The molecule has 0 spiro atoms. The second-order valence-electron chi connectivity index (χ2n) is 7.54. The van der Waals surface area contributed by atoms with Crippen LogP contribution in [0.2, 0.25) is 10.0 Å². The molecule has 6 nitrogen and oxygen atoms in total. The number of aromatic nitrogens is 2. The van der Waals surface area contributed by atoms with Crippen LogP contribution in [0.4, 0.5) is 5.82 Å². The van der Waals surface area contributed by atoms with Crippen molar-refractivity contribution in [2.75, 3.05) is 0 Å². The maximum absolute atomic E-state index is 13.4. The SMILES string of the molecule is Cn1c2c(c(=O)n(C)c1=O)C(c1ccc(Cl)cc1Cl)C1C(=O)c3ccccc3C1=[NH+]2. The molecule has 2 aromatic carbocycles. The third-order valence-electron chi connectivity index (χ3n) is 5.97.